The number of hydrogen-bond donors (Lipinski definition) is 4. The minimum atomic E-state index is -1.38. The largest absolute Gasteiger partial charge is 0.481 e. The van der Waals surface area contributed by atoms with E-state index in [1.807, 2.05) is 0 Å². The molecule has 0 bridgehead atoms. The van der Waals surface area contributed by atoms with Crippen LogP contribution in [0, 0.1) is 5.41 Å². The van der Waals surface area contributed by atoms with Crippen LogP contribution in [-0.4, -0.2) is 50.1 Å². The second-order valence-corrected chi connectivity index (χ2v) is 5.63. The van der Waals surface area contributed by atoms with Crippen molar-refractivity contribution in [1.82, 2.24) is 0 Å². The van der Waals surface area contributed by atoms with E-state index in [9.17, 15) is 24.0 Å². The maximum absolute atomic E-state index is 12.5. The molecule has 0 spiro atoms. The quantitative estimate of drug-likeness (QED) is 0.363. The van der Waals surface area contributed by atoms with E-state index in [-0.39, 0.29) is 38.5 Å². The first-order valence-corrected chi connectivity index (χ1v) is 7.49. The first kappa shape index (κ1) is 21.6. The van der Waals surface area contributed by atoms with Crippen LogP contribution < -0.4 is 0 Å². The molecule has 136 valence electrons. The zero-order chi connectivity index (χ0) is 18.8. The average Bonchev–Trinajstić information content (AvgIpc) is 2.45. The van der Waals surface area contributed by atoms with Gasteiger partial charge in [0.2, 0.25) is 0 Å². The minimum Gasteiger partial charge on any atom is -0.481 e. The van der Waals surface area contributed by atoms with E-state index in [2.05, 4.69) is 0 Å². The van der Waals surface area contributed by atoms with Crippen molar-refractivity contribution in [3.8, 4) is 0 Å². The van der Waals surface area contributed by atoms with E-state index >= 15 is 0 Å². The highest BCUT2D eigenvalue weighted by Gasteiger charge is 2.38. The molecule has 0 aromatic heterocycles. The zero-order valence-electron chi connectivity index (χ0n) is 13.2. The van der Waals surface area contributed by atoms with Crippen molar-refractivity contribution in [2.45, 2.75) is 57.8 Å². The second-order valence-electron chi connectivity index (χ2n) is 5.63. The Balaban J connectivity index is 5.26. The highest BCUT2D eigenvalue weighted by molar-refractivity contribution is 5.86. The summed E-state index contributed by atoms with van der Waals surface area (Å²) >= 11 is 0. The first-order chi connectivity index (χ1) is 11.1. The number of rotatable bonds is 14. The van der Waals surface area contributed by atoms with Crippen molar-refractivity contribution in [1.29, 1.82) is 0 Å². The Bertz CT molecular complexity index is 450. The lowest BCUT2D eigenvalue weighted by Crippen LogP contribution is -2.33. The summed E-state index contributed by atoms with van der Waals surface area (Å²) in [6.07, 6.45) is -2.09. The van der Waals surface area contributed by atoms with Crippen molar-refractivity contribution in [3.63, 3.8) is 0 Å². The van der Waals surface area contributed by atoms with E-state index in [0.29, 0.717) is 0 Å². The number of carboxylic acid groups (broad SMARTS) is 4. The number of carbonyl (C=O) groups is 5. The Hall–Kier alpha value is -2.45. The molecule has 0 aromatic carbocycles. The fourth-order valence-corrected chi connectivity index (χ4v) is 2.50. The van der Waals surface area contributed by atoms with Gasteiger partial charge in [-0.3, -0.25) is 24.0 Å². The van der Waals surface area contributed by atoms with Crippen LogP contribution in [0.4, 0.5) is 0 Å². The molecule has 0 aliphatic rings. The van der Waals surface area contributed by atoms with Gasteiger partial charge in [0.25, 0.3) is 0 Å². The summed E-state index contributed by atoms with van der Waals surface area (Å²) in [5.74, 6) is -5.10. The number of carboxylic acids is 4. The third-order valence-electron chi connectivity index (χ3n) is 3.84. The smallest absolute Gasteiger partial charge is 0.303 e. The highest BCUT2D eigenvalue weighted by Crippen LogP contribution is 2.38. The van der Waals surface area contributed by atoms with Gasteiger partial charge in [0.15, 0.2) is 0 Å². The lowest BCUT2D eigenvalue weighted by molar-refractivity contribution is -0.140. The zero-order valence-corrected chi connectivity index (χ0v) is 13.2. The highest BCUT2D eigenvalue weighted by atomic mass is 16.4. The normalized spacial score (nSPS) is 11.0. The van der Waals surface area contributed by atoms with Crippen molar-refractivity contribution < 1.29 is 44.4 Å². The topological polar surface area (TPSA) is 166 Å². The van der Waals surface area contributed by atoms with E-state index < -0.39 is 54.3 Å². The van der Waals surface area contributed by atoms with E-state index in [0.717, 1.165) is 0 Å². The lowest BCUT2D eigenvalue weighted by atomic mass is 9.70. The molecule has 0 atom stereocenters. The summed E-state index contributed by atoms with van der Waals surface area (Å²) < 4.78 is 0. The van der Waals surface area contributed by atoms with Crippen LogP contribution in [0.3, 0.4) is 0 Å². The molecule has 0 aliphatic heterocycles. The van der Waals surface area contributed by atoms with Crippen molar-refractivity contribution in [2.75, 3.05) is 0 Å². The molecule has 4 N–H and O–H groups in total. The monoisotopic (exact) mass is 346 g/mol. The Labute approximate surface area is 138 Å². The number of ketones is 1. The predicted molar refractivity (Wildman–Crippen MR) is 79.5 cm³/mol. The van der Waals surface area contributed by atoms with Crippen LogP contribution in [0.2, 0.25) is 0 Å². The van der Waals surface area contributed by atoms with Gasteiger partial charge in [-0.1, -0.05) is 0 Å². The number of Topliss-reactive ketones (excluding diaryl/α,β-unsaturated/α-hetero) is 1. The van der Waals surface area contributed by atoms with Crippen molar-refractivity contribution in [2.24, 2.45) is 5.41 Å². The third-order valence-corrected chi connectivity index (χ3v) is 3.84. The third kappa shape index (κ3) is 8.86. The fourth-order valence-electron chi connectivity index (χ4n) is 2.50. The maximum atomic E-state index is 12.5. The molecule has 0 saturated carbocycles. The van der Waals surface area contributed by atoms with Crippen molar-refractivity contribution >= 4 is 29.7 Å². The van der Waals surface area contributed by atoms with E-state index in [1.165, 1.54) is 0 Å². The summed E-state index contributed by atoms with van der Waals surface area (Å²) in [5.41, 5.74) is -1.38. The molecule has 0 saturated heterocycles. The van der Waals surface area contributed by atoms with Gasteiger partial charge in [-0.15, -0.1) is 0 Å². The molecule has 0 radical (unpaired) electrons. The average molecular weight is 346 g/mol. The number of aliphatic carboxylic acids is 4. The van der Waals surface area contributed by atoms with Crippen LogP contribution >= 0.6 is 0 Å². The predicted octanol–water partition coefficient (Wildman–Crippen LogP) is 1.39. The molecule has 0 heterocycles. The number of hydrogen-bond acceptors (Lipinski definition) is 5. The molecule has 9 nitrogen and oxygen atoms in total. The fraction of sp³-hybridized carbons (Fsp3) is 0.667. The first-order valence-electron chi connectivity index (χ1n) is 7.49. The van der Waals surface area contributed by atoms with Gasteiger partial charge in [-0.05, 0) is 25.7 Å². The van der Waals surface area contributed by atoms with Gasteiger partial charge in [0, 0.05) is 37.5 Å². The van der Waals surface area contributed by atoms with Gasteiger partial charge in [0.1, 0.15) is 5.78 Å². The molecule has 0 unspecified atom stereocenters. The van der Waals surface area contributed by atoms with Crippen LogP contribution in [0.15, 0.2) is 0 Å². The Morgan fingerprint density at radius 1 is 0.542 bits per heavy atom. The molecule has 0 aromatic rings. The molecule has 0 rings (SSSR count). The van der Waals surface area contributed by atoms with Gasteiger partial charge >= 0.3 is 23.9 Å². The van der Waals surface area contributed by atoms with Crippen molar-refractivity contribution in [3.05, 3.63) is 0 Å². The standard InChI is InChI=1S/C15H22O9/c16-10(2-1-3-11(17)18)15(7-4-12(19)20,8-5-13(21)22)9-6-14(23)24/h1-9H2,(H,17,18)(H,19,20)(H,21,22)(H,23,24). The van der Waals surface area contributed by atoms with Crippen LogP contribution in [0.5, 0.6) is 0 Å². The summed E-state index contributed by atoms with van der Waals surface area (Å²) in [6, 6.07) is 0. The molecular weight excluding hydrogens is 324 g/mol. The summed E-state index contributed by atoms with van der Waals surface area (Å²) in [5, 5.41) is 35.1. The Morgan fingerprint density at radius 2 is 0.875 bits per heavy atom. The molecular formula is C15H22O9. The van der Waals surface area contributed by atoms with E-state index in [1.54, 1.807) is 0 Å². The number of carbonyl (C=O) groups excluding carboxylic acids is 1. The van der Waals surface area contributed by atoms with Gasteiger partial charge in [-0.2, -0.15) is 0 Å². The minimum absolute atomic E-state index is 0.0309. The Kier molecular flexibility index (Phi) is 9.29. The van der Waals surface area contributed by atoms with Crippen LogP contribution in [0.1, 0.15) is 57.8 Å². The SMILES string of the molecule is O=C(O)CCCC(=O)C(CCC(=O)O)(CCC(=O)O)CCC(=O)O. The second kappa shape index (κ2) is 10.3. The lowest BCUT2D eigenvalue weighted by Gasteiger charge is -2.31. The van der Waals surface area contributed by atoms with Crippen LogP contribution in [0.25, 0.3) is 0 Å². The van der Waals surface area contributed by atoms with Gasteiger partial charge in [0.05, 0.1) is 0 Å². The van der Waals surface area contributed by atoms with Gasteiger partial charge in [-0.25, -0.2) is 0 Å². The molecule has 9 heteroatoms. The maximum Gasteiger partial charge on any atom is 0.303 e. The molecule has 0 amide bonds. The van der Waals surface area contributed by atoms with Crippen LogP contribution in [-0.2, 0) is 24.0 Å². The Morgan fingerprint density at radius 3 is 1.17 bits per heavy atom. The van der Waals surface area contributed by atoms with E-state index in [4.69, 9.17) is 20.4 Å². The van der Waals surface area contributed by atoms with Gasteiger partial charge < -0.3 is 20.4 Å². The molecule has 0 aliphatic carbocycles. The molecule has 0 fully saturated rings. The summed E-state index contributed by atoms with van der Waals surface area (Å²) in [7, 11) is 0. The molecule has 24 heavy (non-hydrogen) atoms. The summed E-state index contributed by atoms with van der Waals surface area (Å²) in [4.78, 5) is 55.5. The summed E-state index contributed by atoms with van der Waals surface area (Å²) in [6.45, 7) is 0.